The first-order chi connectivity index (χ1) is 6.22. The van der Waals surface area contributed by atoms with Gasteiger partial charge in [0.2, 0.25) is 5.91 Å². The van der Waals surface area contributed by atoms with Gasteiger partial charge in [-0.1, -0.05) is 11.6 Å². The summed E-state index contributed by atoms with van der Waals surface area (Å²) in [7, 11) is 1.74. The van der Waals surface area contributed by atoms with Crippen molar-refractivity contribution in [1.82, 2.24) is 10.6 Å². The van der Waals surface area contributed by atoms with Gasteiger partial charge in [0.05, 0.1) is 17.4 Å². The minimum atomic E-state index is -0.00739. The molecule has 1 amide bonds. The molecule has 0 saturated carbocycles. The van der Waals surface area contributed by atoms with Gasteiger partial charge in [0.25, 0.3) is 0 Å². The second-order valence-electron chi connectivity index (χ2n) is 2.51. The van der Waals surface area contributed by atoms with E-state index in [-0.39, 0.29) is 5.91 Å². The Morgan fingerprint density at radius 1 is 1.62 bits per heavy atom. The van der Waals surface area contributed by atoms with E-state index in [9.17, 15) is 4.79 Å². The van der Waals surface area contributed by atoms with Gasteiger partial charge >= 0.3 is 0 Å². The molecule has 0 aromatic carbocycles. The van der Waals surface area contributed by atoms with Crippen LogP contribution in [0.1, 0.15) is 4.88 Å². The number of nitrogens with one attached hydrogen (secondary N) is 2. The summed E-state index contributed by atoms with van der Waals surface area (Å²) in [6.45, 7) is 0.900. The Balaban J connectivity index is 2.30. The van der Waals surface area contributed by atoms with E-state index in [2.05, 4.69) is 10.6 Å². The summed E-state index contributed by atoms with van der Waals surface area (Å²) < 4.78 is 0.748. The average molecular weight is 219 g/mol. The molecule has 1 heterocycles. The van der Waals surface area contributed by atoms with Crippen LogP contribution in [0.3, 0.4) is 0 Å². The van der Waals surface area contributed by atoms with E-state index in [1.54, 1.807) is 7.05 Å². The quantitative estimate of drug-likeness (QED) is 0.799. The monoisotopic (exact) mass is 218 g/mol. The van der Waals surface area contributed by atoms with Crippen LogP contribution in [0.2, 0.25) is 4.34 Å². The number of likely N-dealkylation sites (N-methyl/N-ethyl adjacent to an activating group) is 1. The molecule has 0 saturated heterocycles. The number of hydrogen-bond acceptors (Lipinski definition) is 3. The Labute approximate surface area is 86.1 Å². The molecule has 0 unspecified atom stereocenters. The second kappa shape index (κ2) is 5.21. The Morgan fingerprint density at radius 2 is 2.38 bits per heavy atom. The Bertz CT molecular complexity index is 287. The molecule has 0 radical (unpaired) electrons. The van der Waals surface area contributed by atoms with Gasteiger partial charge in [-0.2, -0.15) is 0 Å². The van der Waals surface area contributed by atoms with Crippen LogP contribution in [0.4, 0.5) is 0 Å². The zero-order valence-corrected chi connectivity index (χ0v) is 8.84. The standard InChI is InChI=1S/C8H11ClN2OS/c1-10-5-8(12)11-4-6-2-3-7(9)13-6/h2-3,10H,4-5H2,1H3,(H,11,12). The molecule has 72 valence electrons. The van der Waals surface area contributed by atoms with Gasteiger partial charge in [-0.05, 0) is 19.2 Å². The highest BCUT2D eigenvalue weighted by Crippen LogP contribution is 2.20. The largest absolute Gasteiger partial charge is 0.350 e. The zero-order valence-electron chi connectivity index (χ0n) is 7.26. The van der Waals surface area contributed by atoms with Crippen LogP contribution in [0.5, 0.6) is 0 Å². The molecule has 1 aromatic heterocycles. The smallest absolute Gasteiger partial charge is 0.234 e. The zero-order chi connectivity index (χ0) is 9.68. The van der Waals surface area contributed by atoms with Gasteiger partial charge in [0.15, 0.2) is 0 Å². The molecule has 2 N–H and O–H groups in total. The van der Waals surface area contributed by atoms with Crippen LogP contribution in [0.25, 0.3) is 0 Å². The molecule has 0 aliphatic carbocycles. The molecule has 0 aliphatic rings. The summed E-state index contributed by atoms with van der Waals surface area (Å²) in [6.07, 6.45) is 0. The lowest BCUT2D eigenvalue weighted by Crippen LogP contribution is -2.31. The molecule has 0 bridgehead atoms. The molecule has 0 aliphatic heterocycles. The number of amides is 1. The van der Waals surface area contributed by atoms with Crippen LogP contribution in [-0.4, -0.2) is 19.5 Å². The maximum absolute atomic E-state index is 11.0. The van der Waals surface area contributed by atoms with Gasteiger partial charge < -0.3 is 10.6 Å². The van der Waals surface area contributed by atoms with Crippen LogP contribution in [0.15, 0.2) is 12.1 Å². The second-order valence-corrected chi connectivity index (χ2v) is 4.31. The summed E-state index contributed by atoms with van der Waals surface area (Å²) in [5.74, 6) is -0.00739. The third kappa shape index (κ3) is 3.76. The van der Waals surface area contributed by atoms with E-state index < -0.39 is 0 Å². The van der Waals surface area contributed by atoms with Crippen molar-refractivity contribution in [1.29, 1.82) is 0 Å². The van der Waals surface area contributed by atoms with Crippen molar-refractivity contribution >= 4 is 28.8 Å². The van der Waals surface area contributed by atoms with Crippen molar-refractivity contribution in [3.05, 3.63) is 21.3 Å². The molecule has 1 rings (SSSR count). The van der Waals surface area contributed by atoms with E-state index in [4.69, 9.17) is 11.6 Å². The molecule has 1 aromatic rings. The molecule has 0 atom stereocenters. The predicted molar refractivity (Wildman–Crippen MR) is 55.1 cm³/mol. The van der Waals surface area contributed by atoms with Crippen LogP contribution < -0.4 is 10.6 Å². The van der Waals surface area contributed by atoms with E-state index in [1.807, 2.05) is 12.1 Å². The highest BCUT2D eigenvalue weighted by molar-refractivity contribution is 7.16. The maximum atomic E-state index is 11.0. The summed E-state index contributed by atoms with van der Waals surface area (Å²) in [5.41, 5.74) is 0. The Hall–Kier alpha value is -0.580. The van der Waals surface area contributed by atoms with Gasteiger partial charge in [0.1, 0.15) is 0 Å². The van der Waals surface area contributed by atoms with Crippen molar-refractivity contribution in [3.63, 3.8) is 0 Å². The topological polar surface area (TPSA) is 41.1 Å². The summed E-state index contributed by atoms with van der Waals surface area (Å²) in [4.78, 5) is 12.1. The Kier molecular flexibility index (Phi) is 4.21. The highest BCUT2D eigenvalue weighted by Gasteiger charge is 2.00. The predicted octanol–water partition coefficient (Wildman–Crippen LogP) is 1.24. The van der Waals surface area contributed by atoms with E-state index in [0.717, 1.165) is 9.21 Å². The van der Waals surface area contributed by atoms with Crippen molar-refractivity contribution in [3.8, 4) is 0 Å². The normalized spacial score (nSPS) is 10.0. The molecule has 5 heteroatoms. The summed E-state index contributed by atoms with van der Waals surface area (Å²) in [6, 6.07) is 3.73. The Morgan fingerprint density at radius 3 is 2.92 bits per heavy atom. The molecule has 0 spiro atoms. The molecular weight excluding hydrogens is 208 g/mol. The first-order valence-corrected chi connectivity index (χ1v) is 5.07. The molecule has 13 heavy (non-hydrogen) atoms. The van der Waals surface area contributed by atoms with Crippen molar-refractivity contribution in [2.75, 3.05) is 13.6 Å². The van der Waals surface area contributed by atoms with Gasteiger partial charge in [-0.15, -0.1) is 11.3 Å². The van der Waals surface area contributed by atoms with Crippen LogP contribution in [0, 0.1) is 0 Å². The first kappa shape index (κ1) is 10.5. The number of carbonyl (C=O) groups excluding carboxylic acids is 1. The third-order valence-corrected chi connectivity index (χ3v) is 2.66. The van der Waals surface area contributed by atoms with Crippen molar-refractivity contribution in [2.45, 2.75) is 6.54 Å². The highest BCUT2D eigenvalue weighted by atomic mass is 35.5. The lowest BCUT2D eigenvalue weighted by Gasteiger charge is -2.01. The lowest BCUT2D eigenvalue weighted by atomic mass is 10.4. The lowest BCUT2D eigenvalue weighted by molar-refractivity contribution is -0.120. The molecule has 3 nitrogen and oxygen atoms in total. The van der Waals surface area contributed by atoms with Crippen LogP contribution >= 0.6 is 22.9 Å². The molecule has 0 fully saturated rings. The third-order valence-electron chi connectivity index (χ3n) is 1.43. The SMILES string of the molecule is CNCC(=O)NCc1ccc(Cl)s1. The number of carbonyl (C=O) groups is 1. The molecular formula is C8H11ClN2OS. The average Bonchev–Trinajstić information content (AvgIpc) is 2.49. The van der Waals surface area contributed by atoms with E-state index in [1.165, 1.54) is 11.3 Å². The van der Waals surface area contributed by atoms with Gasteiger partial charge in [0, 0.05) is 4.88 Å². The van der Waals surface area contributed by atoms with Crippen LogP contribution in [-0.2, 0) is 11.3 Å². The van der Waals surface area contributed by atoms with Crippen molar-refractivity contribution in [2.24, 2.45) is 0 Å². The number of halogens is 1. The number of rotatable bonds is 4. The van der Waals surface area contributed by atoms with Crippen molar-refractivity contribution < 1.29 is 4.79 Å². The van der Waals surface area contributed by atoms with E-state index in [0.29, 0.717) is 13.1 Å². The minimum Gasteiger partial charge on any atom is -0.350 e. The summed E-state index contributed by atoms with van der Waals surface area (Å²) >= 11 is 7.21. The minimum absolute atomic E-state index is 0.00739. The maximum Gasteiger partial charge on any atom is 0.234 e. The fraction of sp³-hybridized carbons (Fsp3) is 0.375. The fourth-order valence-electron chi connectivity index (χ4n) is 0.856. The van der Waals surface area contributed by atoms with E-state index >= 15 is 0 Å². The number of thiophene rings is 1. The summed E-state index contributed by atoms with van der Waals surface area (Å²) in [5, 5.41) is 5.54. The fourth-order valence-corrected chi connectivity index (χ4v) is 1.88. The van der Waals surface area contributed by atoms with Gasteiger partial charge in [-0.3, -0.25) is 4.79 Å². The van der Waals surface area contributed by atoms with Gasteiger partial charge in [-0.25, -0.2) is 0 Å². The number of hydrogen-bond donors (Lipinski definition) is 2. The first-order valence-electron chi connectivity index (χ1n) is 3.88.